The van der Waals surface area contributed by atoms with E-state index < -0.39 is 0 Å². The third-order valence-electron chi connectivity index (χ3n) is 4.13. The molecule has 124 valence electrons. The third-order valence-corrected chi connectivity index (χ3v) is 4.13. The van der Waals surface area contributed by atoms with Gasteiger partial charge in [0.1, 0.15) is 0 Å². The fourth-order valence-electron chi connectivity index (χ4n) is 2.77. The van der Waals surface area contributed by atoms with Gasteiger partial charge >= 0.3 is 0 Å². The Bertz CT molecular complexity index is 269. The molecule has 21 heavy (non-hydrogen) atoms. The second kappa shape index (κ2) is 11.0. The minimum atomic E-state index is 0.231. The Balaban J connectivity index is 2.37. The van der Waals surface area contributed by atoms with Crippen LogP contribution in [0.3, 0.4) is 0 Å². The lowest BCUT2D eigenvalue weighted by Crippen LogP contribution is -2.38. The monoisotopic (exact) mass is 300 g/mol. The number of amides is 1. The van der Waals surface area contributed by atoms with Gasteiger partial charge in [-0.05, 0) is 45.4 Å². The lowest BCUT2D eigenvalue weighted by molar-refractivity contribution is -0.134. The first-order valence-corrected chi connectivity index (χ1v) is 8.36. The second-order valence-corrected chi connectivity index (χ2v) is 5.76. The molecule has 1 fully saturated rings. The topological polar surface area (TPSA) is 64.8 Å². The molecule has 1 amide bonds. The summed E-state index contributed by atoms with van der Waals surface area (Å²) in [6, 6.07) is 0.336. The Morgan fingerprint density at radius 2 is 1.57 bits per heavy atom. The number of hydrogen-bond acceptors (Lipinski definition) is 4. The average Bonchev–Trinajstić information content (AvgIpc) is 2.48. The molecule has 2 N–H and O–H groups in total. The number of carbonyl (C=O) groups excluding carboxylic acids is 1. The fourth-order valence-corrected chi connectivity index (χ4v) is 2.77. The summed E-state index contributed by atoms with van der Waals surface area (Å²) in [5.41, 5.74) is 5.92. The molecule has 0 spiro atoms. The van der Waals surface area contributed by atoms with Crippen LogP contribution in [0.5, 0.6) is 0 Å². The van der Waals surface area contributed by atoms with E-state index in [4.69, 9.17) is 15.2 Å². The van der Waals surface area contributed by atoms with Gasteiger partial charge in [0, 0.05) is 38.8 Å². The summed E-state index contributed by atoms with van der Waals surface area (Å²) >= 11 is 0. The smallest absolute Gasteiger partial charge is 0.223 e. The van der Waals surface area contributed by atoms with E-state index in [1.54, 1.807) is 0 Å². The number of hydrogen-bond donors (Lipinski definition) is 1. The molecular weight excluding hydrogens is 268 g/mol. The molecule has 1 aliphatic carbocycles. The second-order valence-electron chi connectivity index (χ2n) is 5.76. The highest BCUT2D eigenvalue weighted by atomic mass is 16.5. The molecule has 0 aromatic rings. The van der Waals surface area contributed by atoms with Crippen LogP contribution in [-0.4, -0.2) is 56.4 Å². The zero-order valence-electron chi connectivity index (χ0n) is 13.7. The van der Waals surface area contributed by atoms with E-state index in [9.17, 15) is 4.79 Å². The van der Waals surface area contributed by atoms with E-state index in [0.717, 1.165) is 25.7 Å². The van der Waals surface area contributed by atoms with Crippen LogP contribution in [0.4, 0.5) is 0 Å². The van der Waals surface area contributed by atoms with Gasteiger partial charge in [0.2, 0.25) is 5.91 Å². The molecule has 0 aromatic carbocycles. The first-order valence-electron chi connectivity index (χ1n) is 8.36. The van der Waals surface area contributed by atoms with Crippen molar-refractivity contribution >= 4 is 5.91 Å². The van der Waals surface area contributed by atoms with Crippen molar-refractivity contribution in [1.29, 1.82) is 0 Å². The summed E-state index contributed by atoms with van der Waals surface area (Å²) in [7, 11) is 0. The molecule has 0 bridgehead atoms. The van der Waals surface area contributed by atoms with Crippen LogP contribution in [-0.2, 0) is 14.3 Å². The first-order chi connectivity index (χ1) is 10.2. The van der Waals surface area contributed by atoms with Gasteiger partial charge in [-0.2, -0.15) is 0 Å². The maximum atomic E-state index is 12.5. The number of ether oxygens (including phenoxy) is 2. The van der Waals surface area contributed by atoms with Crippen molar-refractivity contribution in [2.45, 2.75) is 52.0 Å². The minimum Gasteiger partial charge on any atom is -0.380 e. The number of nitrogens with zero attached hydrogens (tertiary/aromatic N) is 1. The predicted octanol–water partition coefficient (Wildman–Crippen LogP) is 1.80. The van der Waals surface area contributed by atoms with Gasteiger partial charge in [0.15, 0.2) is 0 Å². The van der Waals surface area contributed by atoms with Crippen molar-refractivity contribution in [1.82, 2.24) is 4.90 Å². The Kier molecular flexibility index (Phi) is 9.63. The van der Waals surface area contributed by atoms with Gasteiger partial charge in [0.05, 0.1) is 13.2 Å². The highest BCUT2D eigenvalue weighted by Crippen LogP contribution is 2.26. The minimum absolute atomic E-state index is 0.231. The van der Waals surface area contributed by atoms with Crippen molar-refractivity contribution in [3.63, 3.8) is 0 Å². The Hall–Kier alpha value is -0.650. The normalized spacial score (nSPS) is 22.2. The zero-order chi connectivity index (χ0) is 15.5. The Morgan fingerprint density at radius 1 is 1.05 bits per heavy atom. The lowest BCUT2D eigenvalue weighted by atomic mass is 9.84. The molecule has 0 saturated heterocycles. The average molecular weight is 300 g/mol. The van der Waals surface area contributed by atoms with Crippen molar-refractivity contribution in [3.05, 3.63) is 0 Å². The predicted molar refractivity (Wildman–Crippen MR) is 84.1 cm³/mol. The molecule has 0 aliphatic heterocycles. The van der Waals surface area contributed by atoms with Crippen LogP contribution >= 0.6 is 0 Å². The van der Waals surface area contributed by atoms with E-state index in [1.807, 2.05) is 18.7 Å². The zero-order valence-corrected chi connectivity index (χ0v) is 13.7. The van der Waals surface area contributed by atoms with E-state index in [2.05, 4.69) is 0 Å². The van der Waals surface area contributed by atoms with E-state index in [1.165, 1.54) is 0 Å². The first kappa shape index (κ1) is 18.4. The van der Waals surface area contributed by atoms with Gasteiger partial charge in [-0.3, -0.25) is 4.79 Å². The van der Waals surface area contributed by atoms with Crippen LogP contribution in [0, 0.1) is 5.92 Å². The molecule has 0 unspecified atom stereocenters. The van der Waals surface area contributed by atoms with Gasteiger partial charge in [0.25, 0.3) is 0 Å². The molecule has 0 atom stereocenters. The molecule has 5 nitrogen and oxygen atoms in total. The van der Waals surface area contributed by atoms with Crippen molar-refractivity contribution in [2.75, 3.05) is 39.5 Å². The van der Waals surface area contributed by atoms with Crippen LogP contribution in [0.25, 0.3) is 0 Å². The summed E-state index contributed by atoms with van der Waals surface area (Å²) in [5.74, 6) is 0.730. The molecule has 0 heterocycles. The lowest BCUT2D eigenvalue weighted by Gasteiger charge is -2.29. The van der Waals surface area contributed by atoms with Gasteiger partial charge in [-0.25, -0.2) is 0 Å². The summed E-state index contributed by atoms with van der Waals surface area (Å²) in [4.78, 5) is 14.4. The standard InChI is InChI=1S/C16H32N2O3/c1-3-20-11-9-18(10-12-21-4-2)16(19)13-14-5-7-15(17)8-6-14/h14-15H,3-13,17H2,1-2H3. The van der Waals surface area contributed by atoms with Crippen LogP contribution < -0.4 is 5.73 Å². The largest absolute Gasteiger partial charge is 0.380 e. The van der Waals surface area contributed by atoms with Crippen LogP contribution in [0.15, 0.2) is 0 Å². The maximum absolute atomic E-state index is 12.5. The van der Waals surface area contributed by atoms with Crippen LogP contribution in [0.1, 0.15) is 46.0 Å². The number of rotatable bonds is 10. The summed E-state index contributed by atoms with van der Waals surface area (Å²) in [6.45, 7) is 7.84. The van der Waals surface area contributed by atoms with E-state index in [-0.39, 0.29) is 5.91 Å². The molecule has 1 saturated carbocycles. The fraction of sp³-hybridized carbons (Fsp3) is 0.938. The highest BCUT2D eigenvalue weighted by Gasteiger charge is 2.23. The highest BCUT2D eigenvalue weighted by molar-refractivity contribution is 5.76. The molecule has 1 aliphatic rings. The van der Waals surface area contributed by atoms with Crippen molar-refractivity contribution in [3.8, 4) is 0 Å². The molecular formula is C16H32N2O3. The molecule has 0 aromatic heterocycles. The van der Waals surface area contributed by atoms with Gasteiger partial charge in [-0.1, -0.05) is 0 Å². The van der Waals surface area contributed by atoms with Gasteiger partial charge < -0.3 is 20.1 Å². The molecule has 1 rings (SSSR count). The summed E-state index contributed by atoms with van der Waals surface area (Å²) < 4.78 is 10.7. The summed E-state index contributed by atoms with van der Waals surface area (Å²) in [6.07, 6.45) is 4.91. The Labute approximate surface area is 129 Å². The maximum Gasteiger partial charge on any atom is 0.223 e. The quantitative estimate of drug-likeness (QED) is 0.625. The molecule has 5 heteroatoms. The molecule has 0 radical (unpaired) electrons. The number of nitrogens with two attached hydrogens (primary N) is 1. The van der Waals surface area contributed by atoms with Crippen molar-refractivity contribution < 1.29 is 14.3 Å². The summed E-state index contributed by atoms with van der Waals surface area (Å²) in [5, 5.41) is 0. The SMILES string of the molecule is CCOCCN(CCOCC)C(=O)CC1CCC(N)CC1. The van der Waals surface area contributed by atoms with E-state index in [0.29, 0.717) is 57.9 Å². The third kappa shape index (κ3) is 7.79. The Morgan fingerprint density at radius 3 is 2.05 bits per heavy atom. The van der Waals surface area contributed by atoms with Crippen molar-refractivity contribution in [2.24, 2.45) is 11.7 Å². The number of carbonyl (C=O) groups is 1. The van der Waals surface area contributed by atoms with Crippen LogP contribution in [0.2, 0.25) is 0 Å². The van der Waals surface area contributed by atoms with E-state index >= 15 is 0 Å². The van der Waals surface area contributed by atoms with Gasteiger partial charge in [-0.15, -0.1) is 0 Å².